The molecule has 0 unspecified atom stereocenters. The Kier molecular flexibility index (Phi) is 6.67. The van der Waals surface area contributed by atoms with Crippen LogP contribution in [0.3, 0.4) is 0 Å². The minimum atomic E-state index is -3.37. The Labute approximate surface area is 96.4 Å². The molecule has 0 aliphatic carbocycles. The zero-order chi connectivity index (χ0) is 12.6. The zero-order valence-corrected chi connectivity index (χ0v) is 10.5. The largest absolute Gasteiger partial charge is 0.355 e. The summed E-state index contributed by atoms with van der Waals surface area (Å²) in [6.07, 6.45) is 1.08. The molecule has 0 amide bonds. The lowest BCUT2D eigenvalue weighted by atomic mass is 10.4. The molecule has 0 spiro atoms. The van der Waals surface area contributed by atoms with Crippen molar-refractivity contribution in [3.05, 3.63) is 36.2 Å². The van der Waals surface area contributed by atoms with Crippen LogP contribution >= 0.6 is 7.60 Å². The van der Waals surface area contributed by atoms with Crippen LogP contribution in [0, 0.1) is 11.3 Å². The summed E-state index contributed by atoms with van der Waals surface area (Å²) >= 11 is 0. The fraction of sp³-hybridized carbons (Fsp3) is 0.364. The van der Waals surface area contributed by atoms with Crippen molar-refractivity contribution in [2.24, 2.45) is 0 Å². The van der Waals surface area contributed by atoms with Gasteiger partial charge in [0.15, 0.2) is 0 Å². The molecule has 0 heterocycles. The average Bonchev–Trinajstić information content (AvgIpc) is 2.21. The molecular formula is C11H16NO3P. The first-order chi connectivity index (χ1) is 7.39. The molecule has 0 saturated heterocycles. The summed E-state index contributed by atoms with van der Waals surface area (Å²) in [6.45, 7) is 11.0. The molecule has 0 bridgehead atoms. The van der Waals surface area contributed by atoms with Gasteiger partial charge >= 0.3 is 7.60 Å². The summed E-state index contributed by atoms with van der Waals surface area (Å²) in [4.78, 5) is 0. The topological polar surface area (TPSA) is 59.3 Å². The minimum absolute atomic E-state index is 0.128. The van der Waals surface area contributed by atoms with E-state index in [-0.39, 0.29) is 13.2 Å². The smallest absolute Gasteiger partial charge is 0.301 e. The van der Waals surface area contributed by atoms with Gasteiger partial charge in [0.05, 0.1) is 19.3 Å². The number of allylic oxidation sites excluding steroid dienone is 1. The first kappa shape index (κ1) is 14.9. The summed E-state index contributed by atoms with van der Waals surface area (Å²) in [5.41, 5.74) is 1.45. The first-order valence-electron chi connectivity index (χ1n) is 4.64. The predicted octanol–water partition coefficient (Wildman–Crippen LogP) is 3.40. The lowest BCUT2D eigenvalue weighted by Gasteiger charge is -2.14. The third-order valence-electron chi connectivity index (χ3n) is 1.31. The first-order valence-corrected chi connectivity index (χ1v) is 6.25. The molecule has 0 aromatic carbocycles. The van der Waals surface area contributed by atoms with Gasteiger partial charge in [-0.05, 0) is 13.8 Å². The minimum Gasteiger partial charge on any atom is -0.301 e. The molecule has 5 heteroatoms. The summed E-state index contributed by atoms with van der Waals surface area (Å²) in [5, 5.41) is 8.38. The standard InChI is InChI=1S/C11H16NO3P/c1-10(2)8-14-16(13,7-5-6-12)15-9-11(3)4/h5,7H,1,3,8-9H2,2,4H3/b7-5+. The van der Waals surface area contributed by atoms with Gasteiger partial charge in [0, 0.05) is 11.9 Å². The second kappa shape index (κ2) is 7.19. The van der Waals surface area contributed by atoms with Gasteiger partial charge in [-0.2, -0.15) is 5.26 Å². The highest BCUT2D eigenvalue weighted by Crippen LogP contribution is 2.50. The van der Waals surface area contributed by atoms with E-state index in [0.29, 0.717) is 0 Å². The van der Waals surface area contributed by atoms with Crippen molar-refractivity contribution in [2.75, 3.05) is 13.2 Å². The Morgan fingerprint density at radius 3 is 2.06 bits per heavy atom. The maximum atomic E-state index is 12.0. The van der Waals surface area contributed by atoms with Crippen molar-refractivity contribution >= 4 is 7.60 Å². The van der Waals surface area contributed by atoms with Crippen LogP contribution in [0.25, 0.3) is 0 Å². The Bertz CT molecular complexity index is 357. The lowest BCUT2D eigenvalue weighted by Crippen LogP contribution is -1.98. The van der Waals surface area contributed by atoms with E-state index in [1.807, 2.05) is 0 Å². The van der Waals surface area contributed by atoms with Crippen molar-refractivity contribution in [2.45, 2.75) is 13.8 Å². The molecule has 0 atom stereocenters. The monoisotopic (exact) mass is 241 g/mol. The van der Waals surface area contributed by atoms with Crippen LogP contribution in [0.1, 0.15) is 13.8 Å². The van der Waals surface area contributed by atoms with E-state index in [9.17, 15) is 4.57 Å². The van der Waals surface area contributed by atoms with Crippen LogP contribution in [-0.4, -0.2) is 13.2 Å². The van der Waals surface area contributed by atoms with Crippen molar-refractivity contribution in [3.63, 3.8) is 0 Å². The molecule has 0 aromatic heterocycles. The molecule has 0 radical (unpaired) electrons. The molecule has 0 rings (SSSR count). The van der Waals surface area contributed by atoms with Gasteiger partial charge in [-0.3, -0.25) is 4.57 Å². The number of nitrogens with zero attached hydrogens (tertiary/aromatic N) is 1. The highest BCUT2D eigenvalue weighted by atomic mass is 31.2. The molecule has 4 nitrogen and oxygen atoms in total. The molecule has 16 heavy (non-hydrogen) atoms. The highest BCUT2D eigenvalue weighted by molar-refractivity contribution is 7.57. The Morgan fingerprint density at radius 2 is 1.75 bits per heavy atom. The maximum absolute atomic E-state index is 12.0. The summed E-state index contributed by atoms with van der Waals surface area (Å²) in [6, 6.07) is 1.74. The predicted molar refractivity (Wildman–Crippen MR) is 63.9 cm³/mol. The third-order valence-corrected chi connectivity index (χ3v) is 2.81. The quantitative estimate of drug-likeness (QED) is 0.389. The van der Waals surface area contributed by atoms with Gasteiger partial charge < -0.3 is 9.05 Å². The van der Waals surface area contributed by atoms with E-state index in [1.54, 1.807) is 19.9 Å². The van der Waals surface area contributed by atoms with Crippen LogP contribution in [0.15, 0.2) is 36.2 Å². The third kappa shape index (κ3) is 7.19. The SMILES string of the molecule is C=C(C)COP(=O)(/C=C/C#N)OCC(=C)C. The lowest BCUT2D eigenvalue weighted by molar-refractivity contribution is 0.238. The van der Waals surface area contributed by atoms with E-state index < -0.39 is 7.60 Å². The van der Waals surface area contributed by atoms with E-state index in [0.717, 1.165) is 23.0 Å². The second-order valence-corrected chi connectivity index (χ2v) is 5.34. The fourth-order valence-electron chi connectivity index (χ4n) is 0.648. The van der Waals surface area contributed by atoms with Crippen LogP contribution in [0.5, 0.6) is 0 Å². The van der Waals surface area contributed by atoms with Crippen molar-refractivity contribution < 1.29 is 13.6 Å². The fourth-order valence-corrected chi connectivity index (χ4v) is 1.94. The average molecular weight is 241 g/mol. The molecule has 88 valence electrons. The molecule has 0 fully saturated rings. The number of hydrogen-bond donors (Lipinski definition) is 0. The van der Waals surface area contributed by atoms with Crippen LogP contribution in [0.2, 0.25) is 0 Å². The van der Waals surface area contributed by atoms with Crippen molar-refractivity contribution in [1.29, 1.82) is 5.26 Å². The Morgan fingerprint density at radius 1 is 1.31 bits per heavy atom. The van der Waals surface area contributed by atoms with E-state index in [1.165, 1.54) is 0 Å². The van der Waals surface area contributed by atoms with Crippen molar-refractivity contribution in [1.82, 2.24) is 0 Å². The number of nitriles is 1. The van der Waals surface area contributed by atoms with Crippen LogP contribution in [0.4, 0.5) is 0 Å². The van der Waals surface area contributed by atoms with E-state index in [2.05, 4.69) is 13.2 Å². The van der Waals surface area contributed by atoms with Crippen LogP contribution < -0.4 is 0 Å². The number of rotatable bonds is 7. The zero-order valence-electron chi connectivity index (χ0n) is 9.60. The van der Waals surface area contributed by atoms with E-state index >= 15 is 0 Å². The van der Waals surface area contributed by atoms with E-state index in [4.69, 9.17) is 14.3 Å². The molecule has 0 aliphatic rings. The Balaban J connectivity index is 4.55. The molecular weight excluding hydrogens is 225 g/mol. The summed E-state index contributed by atoms with van der Waals surface area (Å²) in [5.74, 6) is 1.14. The van der Waals surface area contributed by atoms with Gasteiger partial charge in [-0.25, -0.2) is 0 Å². The highest BCUT2D eigenvalue weighted by Gasteiger charge is 2.20. The van der Waals surface area contributed by atoms with Gasteiger partial charge in [-0.15, -0.1) is 0 Å². The molecule has 0 aromatic rings. The maximum Gasteiger partial charge on any atom is 0.355 e. The van der Waals surface area contributed by atoms with Gasteiger partial charge in [-0.1, -0.05) is 24.3 Å². The molecule has 0 aliphatic heterocycles. The number of hydrogen-bond acceptors (Lipinski definition) is 4. The van der Waals surface area contributed by atoms with Gasteiger partial charge in [0.1, 0.15) is 0 Å². The van der Waals surface area contributed by atoms with Gasteiger partial charge in [0.25, 0.3) is 0 Å². The Hall–Kier alpha value is -1.14. The molecule has 0 N–H and O–H groups in total. The second-order valence-electron chi connectivity index (χ2n) is 3.45. The summed E-state index contributed by atoms with van der Waals surface area (Å²) < 4.78 is 22.2. The molecule has 0 saturated carbocycles. The normalized spacial score (nSPS) is 11.3. The summed E-state index contributed by atoms with van der Waals surface area (Å²) in [7, 11) is -3.37. The van der Waals surface area contributed by atoms with Crippen molar-refractivity contribution in [3.8, 4) is 6.07 Å². The van der Waals surface area contributed by atoms with Gasteiger partial charge in [0.2, 0.25) is 0 Å². The van der Waals surface area contributed by atoms with Crippen LogP contribution in [-0.2, 0) is 13.6 Å².